The molecule has 7 heteroatoms. The molecule has 1 aromatic carbocycles. The van der Waals surface area contributed by atoms with Crippen LogP contribution in [0.2, 0.25) is 0 Å². The largest absolute Gasteiger partial charge is 0.356 e. The van der Waals surface area contributed by atoms with Crippen LogP contribution in [0.1, 0.15) is 28.6 Å². The Morgan fingerprint density at radius 1 is 1.19 bits per heavy atom. The molecule has 0 saturated carbocycles. The van der Waals surface area contributed by atoms with Crippen LogP contribution in [0.4, 0.5) is 11.5 Å². The molecule has 2 heterocycles. The van der Waals surface area contributed by atoms with E-state index in [0.717, 1.165) is 11.3 Å². The Morgan fingerprint density at radius 3 is 2.54 bits per heavy atom. The predicted octanol–water partition coefficient (Wildman–Crippen LogP) is 3.74. The maximum atomic E-state index is 11.5. The van der Waals surface area contributed by atoms with Crippen LogP contribution < -0.4 is 5.32 Å². The van der Waals surface area contributed by atoms with Gasteiger partial charge in [0.15, 0.2) is 0 Å². The van der Waals surface area contributed by atoms with Crippen LogP contribution in [0, 0.1) is 24.0 Å². The van der Waals surface area contributed by atoms with Gasteiger partial charge in [-0.25, -0.2) is 4.68 Å². The Balaban J connectivity index is 1.97. The first kappa shape index (κ1) is 17.6. The lowest BCUT2D eigenvalue weighted by Gasteiger charge is -2.19. The molecule has 1 unspecified atom stereocenters. The zero-order valence-electron chi connectivity index (χ0n) is 15.0. The van der Waals surface area contributed by atoms with Crippen molar-refractivity contribution in [1.82, 2.24) is 14.8 Å². The van der Waals surface area contributed by atoms with Gasteiger partial charge in [0.05, 0.1) is 16.7 Å². The summed E-state index contributed by atoms with van der Waals surface area (Å²) in [6.45, 7) is 3.68. The summed E-state index contributed by atoms with van der Waals surface area (Å²) < 4.78 is 1.51. The zero-order valence-corrected chi connectivity index (χ0v) is 15.0. The SMILES string of the molecule is Cc1ccc(CC(Nc2c([N+](=O)[O-])c(C)nn2C)c2ccccn2)cc1. The maximum Gasteiger partial charge on any atom is 0.333 e. The highest BCUT2D eigenvalue weighted by Crippen LogP contribution is 2.31. The molecule has 0 amide bonds. The van der Waals surface area contributed by atoms with E-state index in [1.807, 2.05) is 25.1 Å². The van der Waals surface area contributed by atoms with Crippen molar-refractivity contribution >= 4 is 11.5 Å². The van der Waals surface area contributed by atoms with E-state index < -0.39 is 4.92 Å². The number of pyridine rings is 1. The first-order valence-electron chi connectivity index (χ1n) is 8.36. The molecule has 0 aliphatic carbocycles. The Hall–Kier alpha value is -3.22. The van der Waals surface area contributed by atoms with E-state index in [1.165, 1.54) is 10.2 Å². The summed E-state index contributed by atoms with van der Waals surface area (Å²) in [5, 5.41) is 18.9. The predicted molar refractivity (Wildman–Crippen MR) is 100 cm³/mol. The summed E-state index contributed by atoms with van der Waals surface area (Å²) in [5.41, 5.74) is 3.52. The number of hydrogen-bond donors (Lipinski definition) is 1. The maximum absolute atomic E-state index is 11.5. The summed E-state index contributed by atoms with van der Waals surface area (Å²) in [4.78, 5) is 15.5. The number of benzene rings is 1. The van der Waals surface area contributed by atoms with Crippen molar-refractivity contribution in [1.29, 1.82) is 0 Å². The van der Waals surface area contributed by atoms with E-state index in [9.17, 15) is 10.1 Å². The first-order valence-corrected chi connectivity index (χ1v) is 8.36. The number of rotatable bonds is 6. The van der Waals surface area contributed by atoms with Gasteiger partial charge in [0.1, 0.15) is 5.69 Å². The Bertz CT molecular complexity index is 904. The number of nitrogens with zero attached hydrogens (tertiary/aromatic N) is 4. The fraction of sp³-hybridized carbons (Fsp3) is 0.263. The molecule has 134 valence electrons. The quantitative estimate of drug-likeness (QED) is 0.540. The molecule has 0 radical (unpaired) electrons. The summed E-state index contributed by atoms with van der Waals surface area (Å²) in [6.07, 6.45) is 2.38. The average molecular weight is 351 g/mol. The molecule has 0 bridgehead atoms. The number of aryl methyl sites for hydroxylation is 3. The number of aromatic nitrogens is 3. The molecule has 26 heavy (non-hydrogen) atoms. The highest BCUT2D eigenvalue weighted by molar-refractivity contribution is 5.60. The lowest BCUT2D eigenvalue weighted by molar-refractivity contribution is -0.384. The topological polar surface area (TPSA) is 85.9 Å². The molecule has 3 rings (SSSR count). The summed E-state index contributed by atoms with van der Waals surface area (Å²) in [7, 11) is 1.70. The summed E-state index contributed by atoms with van der Waals surface area (Å²) in [5.74, 6) is 0.385. The van der Waals surface area contributed by atoms with E-state index in [0.29, 0.717) is 17.9 Å². The van der Waals surface area contributed by atoms with Gasteiger partial charge in [-0.15, -0.1) is 0 Å². The van der Waals surface area contributed by atoms with Crippen molar-refractivity contribution in [3.8, 4) is 0 Å². The van der Waals surface area contributed by atoms with Crippen molar-refractivity contribution < 1.29 is 4.92 Å². The van der Waals surface area contributed by atoms with Crippen molar-refractivity contribution in [2.24, 2.45) is 7.05 Å². The van der Waals surface area contributed by atoms with E-state index in [-0.39, 0.29) is 11.7 Å². The average Bonchev–Trinajstić information content (AvgIpc) is 2.90. The molecule has 0 saturated heterocycles. The fourth-order valence-corrected chi connectivity index (χ4v) is 2.96. The number of anilines is 1. The zero-order chi connectivity index (χ0) is 18.7. The summed E-state index contributed by atoms with van der Waals surface area (Å²) in [6, 6.07) is 13.7. The van der Waals surface area contributed by atoms with Crippen LogP contribution in [0.15, 0.2) is 48.7 Å². The number of nitro groups is 1. The number of nitrogens with one attached hydrogen (secondary N) is 1. The third kappa shape index (κ3) is 3.72. The second kappa shape index (κ2) is 7.35. The third-order valence-electron chi connectivity index (χ3n) is 4.29. The molecule has 2 aromatic heterocycles. The highest BCUT2D eigenvalue weighted by Gasteiger charge is 2.27. The summed E-state index contributed by atoms with van der Waals surface area (Å²) >= 11 is 0. The van der Waals surface area contributed by atoms with Gasteiger partial charge in [0, 0.05) is 13.2 Å². The third-order valence-corrected chi connectivity index (χ3v) is 4.29. The lowest BCUT2D eigenvalue weighted by atomic mass is 10.0. The molecule has 7 nitrogen and oxygen atoms in total. The van der Waals surface area contributed by atoms with E-state index in [1.54, 1.807) is 20.2 Å². The lowest BCUT2D eigenvalue weighted by Crippen LogP contribution is -2.17. The second-order valence-corrected chi connectivity index (χ2v) is 6.30. The Labute approximate surface area is 151 Å². The van der Waals surface area contributed by atoms with Crippen molar-refractivity contribution in [3.63, 3.8) is 0 Å². The van der Waals surface area contributed by atoms with Crippen molar-refractivity contribution in [2.45, 2.75) is 26.3 Å². The Morgan fingerprint density at radius 2 is 1.92 bits per heavy atom. The smallest absolute Gasteiger partial charge is 0.333 e. The van der Waals surface area contributed by atoms with Crippen LogP contribution in [0.3, 0.4) is 0 Å². The number of hydrogen-bond acceptors (Lipinski definition) is 5. The van der Waals surface area contributed by atoms with Crippen molar-refractivity contribution in [2.75, 3.05) is 5.32 Å². The van der Waals surface area contributed by atoms with Gasteiger partial charge < -0.3 is 5.32 Å². The van der Waals surface area contributed by atoms with Crippen LogP contribution in [-0.4, -0.2) is 19.7 Å². The molecule has 1 N–H and O–H groups in total. The van der Waals surface area contributed by atoms with Gasteiger partial charge in [-0.3, -0.25) is 15.1 Å². The Kier molecular flexibility index (Phi) is 4.97. The monoisotopic (exact) mass is 351 g/mol. The van der Waals surface area contributed by atoms with Crippen LogP contribution >= 0.6 is 0 Å². The molecule has 0 aliphatic heterocycles. The van der Waals surface area contributed by atoms with E-state index in [4.69, 9.17) is 0 Å². The minimum Gasteiger partial charge on any atom is -0.356 e. The first-order chi connectivity index (χ1) is 12.5. The fourth-order valence-electron chi connectivity index (χ4n) is 2.96. The molecule has 0 fully saturated rings. The molecule has 3 aromatic rings. The van der Waals surface area contributed by atoms with Crippen LogP contribution in [0.5, 0.6) is 0 Å². The molecule has 0 aliphatic rings. The molecule has 0 spiro atoms. The van der Waals surface area contributed by atoms with Gasteiger partial charge in [-0.1, -0.05) is 35.9 Å². The second-order valence-electron chi connectivity index (χ2n) is 6.30. The highest BCUT2D eigenvalue weighted by atomic mass is 16.6. The molecule has 1 atom stereocenters. The van der Waals surface area contributed by atoms with Crippen LogP contribution in [-0.2, 0) is 13.5 Å². The van der Waals surface area contributed by atoms with Gasteiger partial charge in [-0.05, 0) is 38.0 Å². The van der Waals surface area contributed by atoms with Gasteiger partial charge in [0.2, 0.25) is 5.82 Å². The van der Waals surface area contributed by atoms with Crippen LogP contribution in [0.25, 0.3) is 0 Å². The standard InChI is InChI=1S/C19H21N5O2/c1-13-7-9-15(10-8-13)12-17(16-6-4-5-11-20-16)21-19-18(24(25)26)14(2)22-23(19)3/h4-11,17,21H,12H2,1-3H3. The minimum atomic E-state index is -0.397. The van der Waals surface area contributed by atoms with Gasteiger partial charge >= 0.3 is 5.69 Å². The normalized spacial score (nSPS) is 12.0. The van der Waals surface area contributed by atoms with Gasteiger partial charge in [0.25, 0.3) is 0 Å². The van der Waals surface area contributed by atoms with Crippen molar-refractivity contribution in [3.05, 3.63) is 81.3 Å². The van der Waals surface area contributed by atoms with E-state index in [2.05, 4.69) is 39.7 Å². The minimum absolute atomic E-state index is 0.00247. The van der Waals surface area contributed by atoms with Gasteiger partial charge in [-0.2, -0.15) is 5.10 Å². The molecular weight excluding hydrogens is 330 g/mol. The molecular formula is C19H21N5O2. The van der Waals surface area contributed by atoms with E-state index >= 15 is 0 Å².